The molecule has 0 N–H and O–H groups in total. The summed E-state index contributed by atoms with van der Waals surface area (Å²) in [5.41, 5.74) is 0.651. The molecule has 1 aromatic rings. The van der Waals surface area contributed by atoms with Gasteiger partial charge in [0.1, 0.15) is 0 Å². The number of carbonyl (C=O) groups is 2. The number of methoxy groups -OCH3 is 2. The number of esters is 2. The van der Waals surface area contributed by atoms with Gasteiger partial charge >= 0.3 is 11.9 Å². The Morgan fingerprint density at radius 1 is 1.19 bits per heavy atom. The average Bonchev–Trinajstić information content (AvgIpc) is 2.52. The molecule has 0 saturated heterocycles. The molecule has 1 unspecified atom stereocenters. The van der Waals surface area contributed by atoms with Gasteiger partial charge in [0.2, 0.25) is 0 Å². The van der Waals surface area contributed by atoms with E-state index in [9.17, 15) is 9.59 Å². The van der Waals surface area contributed by atoms with Crippen LogP contribution in [0, 0.1) is 5.92 Å². The van der Waals surface area contributed by atoms with Crippen LogP contribution < -0.4 is 0 Å². The maximum atomic E-state index is 11.9. The van der Waals surface area contributed by atoms with E-state index in [0.29, 0.717) is 12.8 Å². The van der Waals surface area contributed by atoms with Crippen molar-refractivity contribution in [3.63, 3.8) is 0 Å². The first-order chi connectivity index (χ1) is 9.98. The summed E-state index contributed by atoms with van der Waals surface area (Å²) in [5, 5.41) is 0. The van der Waals surface area contributed by atoms with Crippen molar-refractivity contribution in [3.05, 3.63) is 48.6 Å². The number of rotatable bonds is 7. The molecule has 1 rings (SSSR count). The van der Waals surface area contributed by atoms with E-state index in [1.165, 1.54) is 14.2 Å². The highest BCUT2D eigenvalue weighted by Crippen LogP contribution is 2.35. The van der Waals surface area contributed by atoms with Crippen LogP contribution >= 0.6 is 0 Å². The first-order valence-electron chi connectivity index (χ1n) is 6.80. The zero-order valence-electron chi connectivity index (χ0n) is 12.8. The standard InChI is InChI=1S/C17H22O4/c1-5-11-17(2,13-9-7-6-8-10-13)12-14(15(18)20-3)16(19)21-4/h5-10,14H,1,11-12H2,2-4H3. The molecule has 4 nitrogen and oxygen atoms in total. The molecule has 0 radical (unpaired) electrons. The highest BCUT2D eigenvalue weighted by atomic mass is 16.5. The second-order valence-electron chi connectivity index (χ2n) is 5.22. The minimum absolute atomic E-state index is 0.308. The molecule has 0 heterocycles. The molecule has 0 saturated carbocycles. The van der Waals surface area contributed by atoms with Crippen molar-refractivity contribution in [1.82, 2.24) is 0 Å². The van der Waals surface area contributed by atoms with Gasteiger partial charge in [-0.2, -0.15) is 0 Å². The lowest BCUT2D eigenvalue weighted by molar-refractivity contribution is -0.159. The molecule has 0 bridgehead atoms. The molecule has 0 amide bonds. The Morgan fingerprint density at radius 3 is 2.14 bits per heavy atom. The molecular weight excluding hydrogens is 268 g/mol. The molecule has 0 spiro atoms. The summed E-state index contributed by atoms with van der Waals surface area (Å²) in [6.07, 6.45) is 2.74. The largest absolute Gasteiger partial charge is 0.468 e. The summed E-state index contributed by atoms with van der Waals surface area (Å²) in [6.45, 7) is 5.78. The molecule has 21 heavy (non-hydrogen) atoms. The number of hydrogen-bond acceptors (Lipinski definition) is 4. The molecule has 0 aliphatic carbocycles. The minimum atomic E-state index is -0.940. The molecule has 1 atom stereocenters. The predicted octanol–water partition coefficient (Wildman–Crippen LogP) is 2.87. The lowest BCUT2D eigenvalue weighted by Gasteiger charge is -2.31. The average molecular weight is 290 g/mol. The maximum Gasteiger partial charge on any atom is 0.320 e. The third-order valence-corrected chi connectivity index (χ3v) is 3.69. The van der Waals surface area contributed by atoms with Crippen LogP contribution in [0.25, 0.3) is 0 Å². The summed E-state index contributed by atoms with van der Waals surface area (Å²) in [6, 6.07) is 9.75. The van der Waals surface area contributed by atoms with Crippen molar-refractivity contribution in [1.29, 1.82) is 0 Å². The number of ether oxygens (including phenoxy) is 2. The Bertz CT molecular complexity index is 479. The summed E-state index contributed by atoms with van der Waals surface area (Å²) in [5.74, 6) is -2.09. The first-order valence-corrected chi connectivity index (χ1v) is 6.80. The van der Waals surface area contributed by atoms with Gasteiger partial charge in [0.15, 0.2) is 5.92 Å². The molecule has 114 valence electrons. The van der Waals surface area contributed by atoms with E-state index in [0.717, 1.165) is 5.56 Å². The Balaban J connectivity index is 3.12. The fourth-order valence-corrected chi connectivity index (χ4v) is 2.48. The summed E-state index contributed by atoms with van der Waals surface area (Å²) in [7, 11) is 2.54. The van der Waals surface area contributed by atoms with Crippen LogP contribution in [-0.4, -0.2) is 26.2 Å². The van der Waals surface area contributed by atoms with Crippen LogP contribution in [0.5, 0.6) is 0 Å². The highest BCUT2D eigenvalue weighted by molar-refractivity contribution is 5.94. The highest BCUT2D eigenvalue weighted by Gasteiger charge is 2.37. The topological polar surface area (TPSA) is 52.6 Å². The zero-order chi connectivity index (χ0) is 15.9. The number of carbonyl (C=O) groups excluding carboxylic acids is 2. The van der Waals surface area contributed by atoms with Gasteiger partial charge < -0.3 is 9.47 Å². The third kappa shape index (κ3) is 4.18. The maximum absolute atomic E-state index is 11.9. The normalized spacial score (nSPS) is 13.3. The lowest BCUT2D eigenvalue weighted by Crippen LogP contribution is -2.34. The Hall–Kier alpha value is -2.10. The van der Waals surface area contributed by atoms with Crippen molar-refractivity contribution >= 4 is 11.9 Å². The summed E-state index contributed by atoms with van der Waals surface area (Å²) in [4.78, 5) is 23.8. The molecule has 0 aliphatic rings. The van der Waals surface area contributed by atoms with E-state index in [1.54, 1.807) is 6.08 Å². The fourth-order valence-electron chi connectivity index (χ4n) is 2.48. The minimum Gasteiger partial charge on any atom is -0.468 e. The predicted molar refractivity (Wildman–Crippen MR) is 80.7 cm³/mol. The van der Waals surface area contributed by atoms with Crippen molar-refractivity contribution in [3.8, 4) is 0 Å². The van der Waals surface area contributed by atoms with Gasteiger partial charge in [-0.15, -0.1) is 6.58 Å². The van der Waals surface area contributed by atoms with Crippen molar-refractivity contribution in [2.24, 2.45) is 5.92 Å². The molecule has 0 aromatic heterocycles. The lowest BCUT2D eigenvalue weighted by atomic mass is 9.73. The number of benzene rings is 1. The van der Waals surface area contributed by atoms with Crippen LogP contribution in [-0.2, 0) is 24.5 Å². The second-order valence-corrected chi connectivity index (χ2v) is 5.22. The third-order valence-electron chi connectivity index (χ3n) is 3.69. The monoisotopic (exact) mass is 290 g/mol. The van der Waals surface area contributed by atoms with E-state index in [4.69, 9.17) is 9.47 Å². The van der Waals surface area contributed by atoms with Gasteiger partial charge in [0, 0.05) is 0 Å². The van der Waals surface area contributed by atoms with E-state index in [-0.39, 0.29) is 0 Å². The van der Waals surface area contributed by atoms with Crippen LogP contribution in [0.3, 0.4) is 0 Å². The van der Waals surface area contributed by atoms with Gasteiger partial charge in [-0.3, -0.25) is 9.59 Å². The van der Waals surface area contributed by atoms with Gasteiger partial charge in [0.25, 0.3) is 0 Å². The van der Waals surface area contributed by atoms with Crippen molar-refractivity contribution in [2.45, 2.75) is 25.2 Å². The number of allylic oxidation sites excluding steroid dienone is 1. The molecule has 0 aliphatic heterocycles. The van der Waals surface area contributed by atoms with Gasteiger partial charge in [-0.1, -0.05) is 43.3 Å². The van der Waals surface area contributed by atoms with Crippen LogP contribution in [0.1, 0.15) is 25.3 Å². The van der Waals surface area contributed by atoms with E-state index >= 15 is 0 Å². The first kappa shape index (κ1) is 17.0. The molecular formula is C17H22O4. The van der Waals surface area contributed by atoms with E-state index in [1.807, 2.05) is 37.3 Å². The molecule has 4 heteroatoms. The summed E-state index contributed by atoms with van der Waals surface area (Å²) >= 11 is 0. The van der Waals surface area contributed by atoms with Gasteiger partial charge in [-0.25, -0.2) is 0 Å². The van der Waals surface area contributed by atoms with Crippen LogP contribution in [0.4, 0.5) is 0 Å². The van der Waals surface area contributed by atoms with Gasteiger partial charge in [0.05, 0.1) is 14.2 Å². The van der Waals surface area contributed by atoms with Crippen LogP contribution in [0.15, 0.2) is 43.0 Å². The Morgan fingerprint density at radius 2 is 1.71 bits per heavy atom. The van der Waals surface area contributed by atoms with E-state index in [2.05, 4.69) is 6.58 Å². The zero-order valence-corrected chi connectivity index (χ0v) is 12.8. The Labute approximate surface area is 125 Å². The molecule has 0 fully saturated rings. The summed E-state index contributed by atoms with van der Waals surface area (Å²) < 4.78 is 9.46. The van der Waals surface area contributed by atoms with Crippen LogP contribution in [0.2, 0.25) is 0 Å². The van der Waals surface area contributed by atoms with Crippen molar-refractivity contribution < 1.29 is 19.1 Å². The van der Waals surface area contributed by atoms with Crippen molar-refractivity contribution in [2.75, 3.05) is 14.2 Å². The smallest absolute Gasteiger partial charge is 0.320 e. The van der Waals surface area contributed by atoms with Gasteiger partial charge in [-0.05, 0) is 23.8 Å². The fraction of sp³-hybridized carbons (Fsp3) is 0.412. The Kier molecular flexibility index (Phi) is 6.15. The molecule has 1 aromatic carbocycles. The second kappa shape index (κ2) is 7.62. The number of hydrogen-bond donors (Lipinski definition) is 0. The SMILES string of the molecule is C=CCC(C)(CC(C(=O)OC)C(=O)OC)c1ccccc1. The quantitative estimate of drug-likeness (QED) is 0.440. The van der Waals surface area contributed by atoms with E-state index < -0.39 is 23.3 Å².